The normalized spacial score (nSPS) is 12.7. The smallest absolute Gasteiger partial charge is 0.123 e. The zero-order valence-corrected chi connectivity index (χ0v) is 12.8. The highest BCUT2D eigenvalue weighted by atomic mass is 19.1. The molecule has 0 spiro atoms. The van der Waals surface area contributed by atoms with E-state index in [9.17, 15) is 4.39 Å². The van der Waals surface area contributed by atoms with Gasteiger partial charge in [-0.1, -0.05) is 6.92 Å². The molecule has 1 aromatic carbocycles. The van der Waals surface area contributed by atoms with Gasteiger partial charge in [0.15, 0.2) is 0 Å². The fourth-order valence-electron chi connectivity index (χ4n) is 2.44. The van der Waals surface area contributed by atoms with Crippen LogP contribution >= 0.6 is 0 Å². The van der Waals surface area contributed by atoms with Crippen LogP contribution < -0.4 is 5.32 Å². The summed E-state index contributed by atoms with van der Waals surface area (Å²) in [5.41, 5.74) is 5.15. The molecule has 4 heteroatoms. The Kier molecular flexibility index (Phi) is 4.23. The van der Waals surface area contributed by atoms with E-state index in [4.69, 9.17) is 0 Å². The molecule has 1 aromatic heterocycles. The van der Waals surface area contributed by atoms with Gasteiger partial charge in [0.05, 0.1) is 11.4 Å². The minimum absolute atomic E-state index is 0.0786. The molecule has 3 nitrogen and oxygen atoms in total. The molecule has 1 heterocycles. The first-order valence-electron chi connectivity index (χ1n) is 7.01. The van der Waals surface area contributed by atoms with Gasteiger partial charge < -0.3 is 5.32 Å². The summed E-state index contributed by atoms with van der Waals surface area (Å²) in [5.74, 6) is -0.216. The van der Waals surface area contributed by atoms with Crippen LogP contribution in [-0.2, 0) is 0 Å². The highest BCUT2D eigenvalue weighted by Crippen LogP contribution is 2.25. The highest BCUT2D eigenvalue weighted by molar-refractivity contribution is 5.45. The molecule has 2 rings (SSSR count). The second-order valence-electron chi connectivity index (χ2n) is 5.19. The molecule has 1 atom stereocenters. The Hall–Kier alpha value is -1.68. The lowest BCUT2D eigenvalue weighted by Crippen LogP contribution is -2.20. The molecule has 0 fully saturated rings. The predicted molar refractivity (Wildman–Crippen MR) is 79.8 cm³/mol. The van der Waals surface area contributed by atoms with Crippen molar-refractivity contribution in [1.82, 2.24) is 15.1 Å². The van der Waals surface area contributed by atoms with Crippen LogP contribution in [0.15, 0.2) is 18.2 Å². The number of halogens is 1. The summed E-state index contributed by atoms with van der Waals surface area (Å²) in [6, 6.07) is 4.96. The van der Waals surface area contributed by atoms with Crippen molar-refractivity contribution < 1.29 is 4.39 Å². The summed E-state index contributed by atoms with van der Waals surface area (Å²) >= 11 is 0. The van der Waals surface area contributed by atoms with E-state index in [0.29, 0.717) is 0 Å². The van der Waals surface area contributed by atoms with Gasteiger partial charge in [0.25, 0.3) is 0 Å². The van der Waals surface area contributed by atoms with Gasteiger partial charge in [-0.2, -0.15) is 5.10 Å². The molecule has 0 saturated heterocycles. The van der Waals surface area contributed by atoms with Crippen molar-refractivity contribution in [2.45, 2.75) is 40.7 Å². The molecule has 0 radical (unpaired) electrons. The van der Waals surface area contributed by atoms with Crippen LogP contribution in [0, 0.1) is 26.6 Å². The first kappa shape index (κ1) is 14.7. The third kappa shape index (κ3) is 2.61. The average Bonchev–Trinajstić information content (AvgIpc) is 2.67. The third-order valence-corrected chi connectivity index (χ3v) is 3.85. The maximum absolute atomic E-state index is 13.6. The number of hydrogen-bond acceptors (Lipinski definition) is 2. The van der Waals surface area contributed by atoms with Crippen molar-refractivity contribution in [2.24, 2.45) is 0 Å². The first-order chi connectivity index (χ1) is 9.45. The Morgan fingerprint density at radius 1 is 1.30 bits per heavy atom. The molecule has 1 unspecified atom stereocenters. The maximum Gasteiger partial charge on any atom is 0.123 e. The standard InChI is InChI=1S/C16H22FN3/c1-6-18-12(4)15-9-14(17)7-8-16(15)20-13(5)10(2)11(3)19-20/h7-9,12,18H,6H2,1-5H3. The molecule has 0 amide bonds. The van der Waals surface area contributed by atoms with E-state index in [1.165, 1.54) is 11.6 Å². The van der Waals surface area contributed by atoms with Crippen LogP contribution in [0.4, 0.5) is 4.39 Å². The van der Waals surface area contributed by atoms with Gasteiger partial charge >= 0.3 is 0 Å². The second kappa shape index (κ2) is 5.75. The molecule has 20 heavy (non-hydrogen) atoms. The molecule has 0 aliphatic rings. The van der Waals surface area contributed by atoms with Crippen LogP contribution in [0.2, 0.25) is 0 Å². The Morgan fingerprint density at radius 2 is 2.00 bits per heavy atom. The van der Waals surface area contributed by atoms with Crippen molar-refractivity contribution in [3.8, 4) is 5.69 Å². The van der Waals surface area contributed by atoms with Gasteiger partial charge in [-0.15, -0.1) is 0 Å². The van der Waals surface area contributed by atoms with E-state index in [1.54, 1.807) is 12.1 Å². The van der Waals surface area contributed by atoms with E-state index >= 15 is 0 Å². The Bertz CT molecular complexity index is 616. The number of rotatable bonds is 4. The number of nitrogens with zero attached hydrogens (tertiary/aromatic N) is 2. The Morgan fingerprint density at radius 3 is 2.55 bits per heavy atom. The van der Waals surface area contributed by atoms with Gasteiger partial charge in [-0.25, -0.2) is 9.07 Å². The molecule has 2 aromatic rings. The summed E-state index contributed by atoms with van der Waals surface area (Å²) < 4.78 is 15.5. The van der Waals surface area contributed by atoms with Gasteiger partial charge in [0, 0.05) is 11.7 Å². The molecule has 0 saturated carbocycles. The number of benzene rings is 1. The number of nitrogens with one attached hydrogen (secondary N) is 1. The first-order valence-corrected chi connectivity index (χ1v) is 7.01. The fraction of sp³-hybridized carbons (Fsp3) is 0.438. The van der Waals surface area contributed by atoms with E-state index in [1.807, 2.05) is 32.4 Å². The van der Waals surface area contributed by atoms with Crippen molar-refractivity contribution in [3.63, 3.8) is 0 Å². The topological polar surface area (TPSA) is 29.9 Å². The zero-order valence-electron chi connectivity index (χ0n) is 12.8. The highest BCUT2D eigenvalue weighted by Gasteiger charge is 2.16. The summed E-state index contributed by atoms with van der Waals surface area (Å²) in [7, 11) is 0. The van der Waals surface area contributed by atoms with E-state index in [-0.39, 0.29) is 11.9 Å². The average molecular weight is 275 g/mol. The molecule has 0 aliphatic carbocycles. The minimum Gasteiger partial charge on any atom is -0.310 e. The van der Waals surface area contributed by atoms with Gasteiger partial charge in [0.2, 0.25) is 0 Å². The predicted octanol–water partition coefficient (Wildman–Crippen LogP) is 3.61. The van der Waals surface area contributed by atoms with Gasteiger partial charge in [0.1, 0.15) is 5.82 Å². The monoisotopic (exact) mass is 275 g/mol. The SMILES string of the molecule is CCNC(C)c1cc(F)ccc1-n1nc(C)c(C)c1C. The van der Waals surface area contributed by atoms with Crippen molar-refractivity contribution >= 4 is 0 Å². The maximum atomic E-state index is 13.6. The summed E-state index contributed by atoms with van der Waals surface area (Å²) in [6.07, 6.45) is 0. The number of aromatic nitrogens is 2. The van der Waals surface area contributed by atoms with E-state index < -0.39 is 0 Å². The molecule has 1 N–H and O–H groups in total. The largest absolute Gasteiger partial charge is 0.310 e. The van der Waals surface area contributed by atoms with Crippen LogP contribution in [0.5, 0.6) is 0 Å². The van der Waals surface area contributed by atoms with Gasteiger partial charge in [-0.3, -0.25) is 0 Å². The Labute approximate surface area is 119 Å². The van der Waals surface area contributed by atoms with E-state index in [0.717, 1.165) is 29.2 Å². The zero-order chi connectivity index (χ0) is 14.9. The fourth-order valence-corrected chi connectivity index (χ4v) is 2.44. The van der Waals surface area contributed by atoms with Crippen molar-refractivity contribution in [3.05, 3.63) is 46.5 Å². The summed E-state index contributed by atoms with van der Waals surface area (Å²) in [4.78, 5) is 0. The molecule has 0 aliphatic heterocycles. The van der Waals surface area contributed by atoms with E-state index in [2.05, 4.69) is 17.3 Å². The number of aryl methyl sites for hydroxylation is 1. The van der Waals surface area contributed by atoms with Crippen LogP contribution in [0.1, 0.15) is 42.4 Å². The third-order valence-electron chi connectivity index (χ3n) is 3.85. The van der Waals surface area contributed by atoms with Crippen molar-refractivity contribution in [1.29, 1.82) is 0 Å². The molecule has 108 valence electrons. The molecule has 0 bridgehead atoms. The second-order valence-corrected chi connectivity index (χ2v) is 5.19. The lowest BCUT2D eigenvalue weighted by atomic mass is 10.1. The van der Waals surface area contributed by atoms with Crippen molar-refractivity contribution in [2.75, 3.05) is 6.54 Å². The quantitative estimate of drug-likeness (QED) is 0.924. The van der Waals surface area contributed by atoms with Crippen LogP contribution in [-0.4, -0.2) is 16.3 Å². The van der Waals surface area contributed by atoms with Gasteiger partial charge in [-0.05, 0) is 63.6 Å². The lowest BCUT2D eigenvalue weighted by molar-refractivity contribution is 0.577. The summed E-state index contributed by atoms with van der Waals surface area (Å²) in [5, 5.41) is 7.91. The summed E-state index contributed by atoms with van der Waals surface area (Å²) in [6.45, 7) is 11.0. The molecular formula is C16H22FN3. The van der Waals surface area contributed by atoms with Crippen LogP contribution in [0.3, 0.4) is 0 Å². The molecular weight excluding hydrogens is 253 g/mol. The lowest BCUT2D eigenvalue weighted by Gasteiger charge is -2.18. The Balaban J connectivity index is 2.58. The minimum atomic E-state index is -0.216. The number of hydrogen-bond donors (Lipinski definition) is 1. The van der Waals surface area contributed by atoms with Crippen LogP contribution in [0.25, 0.3) is 5.69 Å².